The number of ether oxygens (including phenoxy) is 4. The molecule has 6 nitrogen and oxygen atoms in total. The van der Waals surface area contributed by atoms with Gasteiger partial charge in [0.2, 0.25) is 0 Å². The van der Waals surface area contributed by atoms with E-state index in [0.29, 0.717) is 23.7 Å². The van der Waals surface area contributed by atoms with E-state index in [0.717, 1.165) is 18.6 Å². The van der Waals surface area contributed by atoms with Gasteiger partial charge in [-0.2, -0.15) is 0 Å². The van der Waals surface area contributed by atoms with Crippen LogP contribution >= 0.6 is 0 Å². The number of unbranched alkanes of at least 4 members (excludes halogenated alkanes) is 1. The molecule has 156 valence electrons. The monoisotopic (exact) mass is 400 g/mol. The molecule has 1 atom stereocenters. The summed E-state index contributed by atoms with van der Waals surface area (Å²) in [4.78, 5) is 11.7. The first-order valence-electron chi connectivity index (χ1n) is 9.67. The first-order valence-corrected chi connectivity index (χ1v) is 9.67. The van der Waals surface area contributed by atoms with Gasteiger partial charge in [0.25, 0.3) is 0 Å². The van der Waals surface area contributed by atoms with Gasteiger partial charge in [0, 0.05) is 0 Å². The molecule has 6 heteroatoms. The minimum atomic E-state index is -0.798. The van der Waals surface area contributed by atoms with E-state index in [4.69, 9.17) is 18.9 Å². The molecule has 0 saturated carbocycles. The van der Waals surface area contributed by atoms with Gasteiger partial charge in [-0.3, -0.25) is 0 Å². The molecule has 2 aromatic carbocycles. The van der Waals surface area contributed by atoms with Crippen LogP contribution in [0.25, 0.3) is 0 Å². The molecule has 0 spiro atoms. The van der Waals surface area contributed by atoms with E-state index in [-0.39, 0.29) is 19.8 Å². The number of benzene rings is 2. The molecule has 1 unspecified atom stereocenters. The van der Waals surface area contributed by atoms with Gasteiger partial charge in [-0.25, -0.2) is 4.79 Å². The van der Waals surface area contributed by atoms with E-state index < -0.39 is 12.1 Å². The van der Waals surface area contributed by atoms with Crippen LogP contribution in [0, 0.1) is 0 Å². The van der Waals surface area contributed by atoms with Crippen molar-refractivity contribution >= 4 is 5.97 Å². The fourth-order valence-corrected chi connectivity index (χ4v) is 2.30. The topological polar surface area (TPSA) is 74.2 Å². The quantitative estimate of drug-likeness (QED) is 0.311. The van der Waals surface area contributed by atoms with Crippen molar-refractivity contribution in [3.63, 3.8) is 0 Å². The molecular formula is C23H28O6. The van der Waals surface area contributed by atoms with Crippen molar-refractivity contribution in [2.75, 3.05) is 26.4 Å². The van der Waals surface area contributed by atoms with Crippen molar-refractivity contribution in [1.29, 1.82) is 0 Å². The standard InChI is InChI=1S/C23H28O6/c1-3-5-15-26-20-10-12-22(13-11-20)29-17-19(24)16-28-21-8-6-18(7-9-21)23(25)27-14-4-2/h4,6-13,19,24H,2-3,5,14-17H2,1H3. The Morgan fingerprint density at radius 1 is 0.966 bits per heavy atom. The van der Waals surface area contributed by atoms with Gasteiger partial charge in [0.1, 0.15) is 43.2 Å². The lowest BCUT2D eigenvalue weighted by Gasteiger charge is -2.14. The van der Waals surface area contributed by atoms with E-state index in [1.165, 1.54) is 6.08 Å². The molecular weight excluding hydrogens is 372 g/mol. The lowest BCUT2D eigenvalue weighted by Crippen LogP contribution is -2.25. The van der Waals surface area contributed by atoms with Crippen LogP contribution in [-0.2, 0) is 4.74 Å². The molecule has 1 N–H and O–H groups in total. The fraction of sp³-hybridized carbons (Fsp3) is 0.348. The fourth-order valence-electron chi connectivity index (χ4n) is 2.30. The van der Waals surface area contributed by atoms with Crippen LogP contribution in [-0.4, -0.2) is 43.6 Å². The third kappa shape index (κ3) is 8.27. The molecule has 0 aromatic heterocycles. The van der Waals surface area contributed by atoms with Crippen molar-refractivity contribution in [3.8, 4) is 17.2 Å². The maximum absolute atomic E-state index is 11.7. The van der Waals surface area contributed by atoms with Crippen molar-refractivity contribution in [3.05, 3.63) is 66.7 Å². The van der Waals surface area contributed by atoms with E-state index in [9.17, 15) is 9.90 Å². The Balaban J connectivity index is 1.70. The second-order valence-electron chi connectivity index (χ2n) is 6.36. The van der Waals surface area contributed by atoms with Crippen molar-refractivity contribution in [1.82, 2.24) is 0 Å². The van der Waals surface area contributed by atoms with E-state index in [1.807, 2.05) is 12.1 Å². The Hall–Kier alpha value is -2.99. The summed E-state index contributed by atoms with van der Waals surface area (Å²) in [6.45, 7) is 6.64. The summed E-state index contributed by atoms with van der Waals surface area (Å²) in [5.41, 5.74) is 0.421. The summed E-state index contributed by atoms with van der Waals surface area (Å²) in [6.07, 6.45) is 2.82. The largest absolute Gasteiger partial charge is 0.494 e. The maximum atomic E-state index is 11.7. The average Bonchev–Trinajstić information content (AvgIpc) is 2.76. The van der Waals surface area contributed by atoms with Crippen LogP contribution in [0.15, 0.2) is 61.2 Å². The molecule has 2 rings (SSSR count). The molecule has 0 aliphatic heterocycles. The highest BCUT2D eigenvalue weighted by Gasteiger charge is 2.09. The molecule has 0 amide bonds. The Labute approximate surface area is 171 Å². The predicted molar refractivity (Wildman–Crippen MR) is 111 cm³/mol. The molecule has 0 aliphatic rings. The molecule has 0 bridgehead atoms. The zero-order valence-electron chi connectivity index (χ0n) is 16.7. The molecule has 29 heavy (non-hydrogen) atoms. The van der Waals surface area contributed by atoms with E-state index >= 15 is 0 Å². The normalized spacial score (nSPS) is 11.4. The number of hydrogen-bond donors (Lipinski definition) is 1. The van der Waals surface area contributed by atoms with Crippen LogP contribution in [0.5, 0.6) is 17.2 Å². The molecule has 0 aliphatic carbocycles. The molecule has 2 aromatic rings. The summed E-state index contributed by atoms with van der Waals surface area (Å²) < 4.78 is 21.7. The van der Waals surface area contributed by atoms with Crippen molar-refractivity contribution < 1.29 is 28.8 Å². The highest BCUT2D eigenvalue weighted by atomic mass is 16.5. The van der Waals surface area contributed by atoms with Crippen molar-refractivity contribution in [2.24, 2.45) is 0 Å². The number of hydrogen-bond acceptors (Lipinski definition) is 6. The highest BCUT2D eigenvalue weighted by molar-refractivity contribution is 5.89. The summed E-state index contributed by atoms with van der Waals surface area (Å²) >= 11 is 0. The van der Waals surface area contributed by atoms with Gasteiger partial charge >= 0.3 is 5.97 Å². The van der Waals surface area contributed by atoms with E-state index in [2.05, 4.69) is 13.5 Å². The van der Waals surface area contributed by atoms with Gasteiger partial charge in [0.15, 0.2) is 0 Å². The molecule has 0 fully saturated rings. The smallest absolute Gasteiger partial charge is 0.338 e. The number of aliphatic hydroxyl groups is 1. The first-order chi connectivity index (χ1) is 14.1. The maximum Gasteiger partial charge on any atom is 0.338 e. The number of esters is 1. The van der Waals surface area contributed by atoms with Crippen LogP contribution in [0.1, 0.15) is 30.1 Å². The van der Waals surface area contributed by atoms with Crippen LogP contribution in [0.3, 0.4) is 0 Å². The van der Waals surface area contributed by atoms with Gasteiger partial charge in [-0.05, 0) is 55.0 Å². The average molecular weight is 400 g/mol. The molecule has 0 saturated heterocycles. The molecule has 0 radical (unpaired) electrons. The predicted octanol–water partition coefficient (Wildman–Crippen LogP) is 4.03. The molecule has 0 heterocycles. The Bertz CT molecular complexity index is 739. The second kappa shape index (κ2) is 12.5. The van der Waals surface area contributed by atoms with E-state index in [1.54, 1.807) is 36.4 Å². The Kier molecular flexibility index (Phi) is 9.59. The van der Waals surface area contributed by atoms with Crippen LogP contribution in [0.2, 0.25) is 0 Å². The zero-order valence-corrected chi connectivity index (χ0v) is 16.7. The lowest BCUT2D eigenvalue weighted by atomic mass is 10.2. The van der Waals surface area contributed by atoms with Crippen LogP contribution < -0.4 is 14.2 Å². The highest BCUT2D eigenvalue weighted by Crippen LogP contribution is 2.18. The summed E-state index contributed by atoms with van der Waals surface area (Å²) in [5.74, 6) is 1.56. The lowest BCUT2D eigenvalue weighted by molar-refractivity contribution is 0.0548. The third-order valence-electron chi connectivity index (χ3n) is 3.90. The SMILES string of the molecule is C=CCOC(=O)c1ccc(OCC(O)COc2ccc(OCCCC)cc2)cc1. The first kappa shape index (κ1) is 22.3. The summed E-state index contributed by atoms with van der Waals surface area (Å²) in [6, 6.07) is 13.8. The third-order valence-corrected chi connectivity index (χ3v) is 3.90. The van der Waals surface area contributed by atoms with Gasteiger partial charge in [-0.1, -0.05) is 26.0 Å². The minimum absolute atomic E-state index is 0.0679. The van der Waals surface area contributed by atoms with Crippen molar-refractivity contribution in [2.45, 2.75) is 25.9 Å². The number of carbonyl (C=O) groups excluding carboxylic acids is 1. The van der Waals surface area contributed by atoms with Crippen LogP contribution in [0.4, 0.5) is 0 Å². The zero-order chi connectivity index (χ0) is 20.9. The van der Waals surface area contributed by atoms with Gasteiger partial charge in [-0.15, -0.1) is 0 Å². The number of aliphatic hydroxyl groups excluding tert-OH is 1. The van der Waals surface area contributed by atoms with Gasteiger partial charge in [0.05, 0.1) is 12.2 Å². The minimum Gasteiger partial charge on any atom is -0.494 e. The summed E-state index contributed by atoms with van der Waals surface area (Å²) in [5, 5.41) is 10.1. The van der Waals surface area contributed by atoms with Gasteiger partial charge < -0.3 is 24.1 Å². The number of rotatable bonds is 13. The Morgan fingerprint density at radius 3 is 2.00 bits per heavy atom. The number of carbonyl (C=O) groups is 1. The summed E-state index contributed by atoms with van der Waals surface area (Å²) in [7, 11) is 0. The second-order valence-corrected chi connectivity index (χ2v) is 6.36. The Morgan fingerprint density at radius 2 is 1.48 bits per heavy atom.